The highest BCUT2D eigenvalue weighted by Gasteiger charge is 2.10. The molecule has 20 heavy (non-hydrogen) atoms. The van der Waals surface area contributed by atoms with E-state index >= 15 is 0 Å². The van der Waals surface area contributed by atoms with Gasteiger partial charge in [0.2, 0.25) is 0 Å². The van der Waals surface area contributed by atoms with Crippen LogP contribution in [0.5, 0.6) is 0 Å². The fourth-order valence-corrected chi connectivity index (χ4v) is 3.08. The Labute approximate surface area is 126 Å². The fourth-order valence-electron chi connectivity index (χ4n) is 2.39. The maximum Gasteiger partial charge on any atom is 0.0940 e. The third-order valence-electron chi connectivity index (χ3n) is 3.45. The van der Waals surface area contributed by atoms with Crippen molar-refractivity contribution in [2.24, 2.45) is 0 Å². The van der Waals surface area contributed by atoms with Gasteiger partial charge in [-0.25, -0.2) is 4.98 Å². The second-order valence-electron chi connectivity index (χ2n) is 5.16. The Bertz CT molecular complexity index is 453. The molecular weight excluding hydrogens is 264 g/mol. The van der Waals surface area contributed by atoms with Gasteiger partial charge in [0.05, 0.1) is 5.01 Å². The highest BCUT2D eigenvalue weighted by molar-refractivity contribution is 7.09. The molecule has 0 spiro atoms. The van der Waals surface area contributed by atoms with Crippen molar-refractivity contribution < 1.29 is 0 Å². The first-order valence-electron chi connectivity index (χ1n) is 7.54. The Morgan fingerprint density at radius 2 is 2.10 bits per heavy atom. The zero-order chi connectivity index (χ0) is 14.0. The second-order valence-corrected chi connectivity index (χ2v) is 6.14. The Morgan fingerprint density at radius 3 is 2.80 bits per heavy atom. The summed E-state index contributed by atoms with van der Waals surface area (Å²) in [5.41, 5.74) is 1.44. The van der Waals surface area contributed by atoms with Crippen molar-refractivity contribution in [1.82, 2.24) is 10.3 Å². The predicted octanol–water partition coefficient (Wildman–Crippen LogP) is 4.08. The van der Waals surface area contributed by atoms with E-state index in [1.165, 1.54) is 36.3 Å². The number of thiazole rings is 1. The average molecular weight is 288 g/mol. The second kappa shape index (κ2) is 8.88. The van der Waals surface area contributed by atoms with E-state index in [-0.39, 0.29) is 0 Å². The van der Waals surface area contributed by atoms with Crippen LogP contribution < -0.4 is 5.32 Å². The summed E-state index contributed by atoms with van der Waals surface area (Å²) in [7, 11) is 0. The van der Waals surface area contributed by atoms with Crippen LogP contribution in [-0.2, 0) is 12.8 Å². The molecule has 0 aliphatic carbocycles. The molecule has 108 valence electrons. The molecular formula is C17H24N2S. The van der Waals surface area contributed by atoms with Gasteiger partial charge in [-0.1, -0.05) is 37.3 Å². The van der Waals surface area contributed by atoms with Crippen molar-refractivity contribution in [3.8, 4) is 0 Å². The third-order valence-corrected chi connectivity index (χ3v) is 4.25. The maximum atomic E-state index is 4.41. The molecule has 1 atom stereocenters. The van der Waals surface area contributed by atoms with Gasteiger partial charge in [-0.05, 0) is 37.8 Å². The number of benzene rings is 1. The van der Waals surface area contributed by atoms with Crippen molar-refractivity contribution in [3.63, 3.8) is 0 Å². The zero-order valence-electron chi connectivity index (χ0n) is 12.2. The minimum atomic E-state index is 0.560. The van der Waals surface area contributed by atoms with E-state index in [0.717, 1.165) is 13.0 Å². The number of hydrogen-bond acceptors (Lipinski definition) is 3. The molecule has 0 aliphatic heterocycles. The van der Waals surface area contributed by atoms with Gasteiger partial charge in [-0.15, -0.1) is 11.3 Å². The lowest BCUT2D eigenvalue weighted by atomic mass is 10.0. The lowest BCUT2D eigenvalue weighted by Gasteiger charge is -2.17. The van der Waals surface area contributed by atoms with Gasteiger partial charge in [0.15, 0.2) is 0 Å². The van der Waals surface area contributed by atoms with Gasteiger partial charge < -0.3 is 5.32 Å². The highest BCUT2D eigenvalue weighted by atomic mass is 32.1. The lowest BCUT2D eigenvalue weighted by Crippen LogP contribution is -2.31. The Balaban J connectivity index is 1.78. The quantitative estimate of drug-likeness (QED) is 0.752. The van der Waals surface area contributed by atoms with Crippen LogP contribution in [-0.4, -0.2) is 17.6 Å². The summed E-state index contributed by atoms with van der Waals surface area (Å²) in [4.78, 5) is 4.41. The molecule has 0 radical (unpaired) electrons. The van der Waals surface area contributed by atoms with E-state index in [0.29, 0.717) is 6.04 Å². The molecule has 1 heterocycles. The van der Waals surface area contributed by atoms with Crippen LogP contribution in [0, 0.1) is 0 Å². The Kier molecular flexibility index (Phi) is 6.75. The number of aryl methyl sites for hydroxylation is 1. The van der Waals surface area contributed by atoms with Crippen LogP contribution >= 0.6 is 11.3 Å². The monoisotopic (exact) mass is 288 g/mol. The first-order valence-corrected chi connectivity index (χ1v) is 8.42. The van der Waals surface area contributed by atoms with E-state index in [4.69, 9.17) is 0 Å². The molecule has 2 rings (SSSR count). The van der Waals surface area contributed by atoms with Gasteiger partial charge in [0.1, 0.15) is 0 Å². The average Bonchev–Trinajstić information content (AvgIpc) is 2.98. The first-order chi connectivity index (χ1) is 9.88. The van der Waals surface area contributed by atoms with E-state index < -0.39 is 0 Å². The summed E-state index contributed by atoms with van der Waals surface area (Å²) in [6.07, 6.45) is 7.77. The van der Waals surface area contributed by atoms with Gasteiger partial charge in [-0.3, -0.25) is 0 Å². The van der Waals surface area contributed by atoms with Crippen LogP contribution in [0.1, 0.15) is 36.8 Å². The van der Waals surface area contributed by atoms with Gasteiger partial charge >= 0.3 is 0 Å². The van der Waals surface area contributed by atoms with E-state index in [9.17, 15) is 0 Å². The standard InChI is InChI=1S/C17H24N2S/c1-2-11-18-16(14-17-19-12-13-20-17)10-6-9-15-7-4-3-5-8-15/h3-5,7-8,12-13,16,18H,2,6,9-11,14H2,1H3. The number of rotatable bonds is 9. The van der Waals surface area contributed by atoms with Crippen molar-refractivity contribution in [3.05, 3.63) is 52.5 Å². The summed E-state index contributed by atoms with van der Waals surface area (Å²) in [6, 6.07) is 11.3. The van der Waals surface area contributed by atoms with Crippen LogP contribution in [0.15, 0.2) is 41.9 Å². The summed E-state index contributed by atoms with van der Waals surface area (Å²) < 4.78 is 0. The first kappa shape index (κ1) is 15.2. The number of nitrogens with zero attached hydrogens (tertiary/aromatic N) is 1. The van der Waals surface area contributed by atoms with Gasteiger partial charge in [0.25, 0.3) is 0 Å². The predicted molar refractivity (Wildman–Crippen MR) is 87.3 cm³/mol. The van der Waals surface area contributed by atoms with Crippen molar-refractivity contribution in [2.75, 3.05) is 6.54 Å². The zero-order valence-corrected chi connectivity index (χ0v) is 13.0. The van der Waals surface area contributed by atoms with E-state index in [2.05, 4.69) is 52.9 Å². The minimum Gasteiger partial charge on any atom is -0.314 e. The molecule has 1 aromatic heterocycles. The maximum absolute atomic E-state index is 4.41. The summed E-state index contributed by atoms with van der Waals surface area (Å²) in [5, 5.41) is 6.97. The van der Waals surface area contributed by atoms with E-state index in [1.54, 1.807) is 11.3 Å². The van der Waals surface area contributed by atoms with Crippen LogP contribution in [0.4, 0.5) is 0 Å². The van der Waals surface area contributed by atoms with Crippen LogP contribution in [0.2, 0.25) is 0 Å². The molecule has 2 nitrogen and oxygen atoms in total. The molecule has 2 aromatic rings. The lowest BCUT2D eigenvalue weighted by molar-refractivity contribution is 0.464. The SMILES string of the molecule is CCCNC(CCCc1ccccc1)Cc1nccs1. The van der Waals surface area contributed by atoms with Crippen LogP contribution in [0.25, 0.3) is 0 Å². The van der Waals surface area contributed by atoms with Crippen LogP contribution in [0.3, 0.4) is 0 Å². The van der Waals surface area contributed by atoms with Crippen molar-refractivity contribution >= 4 is 11.3 Å². The highest BCUT2D eigenvalue weighted by Crippen LogP contribution is 2.12. The van der Waals surface area contributed by atoms with Crippen molar-refractivity contribution in [2.45, 2.75) is 45.1 Å². The summed E-state index contributed by atoms with van der Waals surface area (Å²) >= 11 is 1.76. The largest absolute Gasteiger partial charge is 0.314 e. The summed E-state index contributed by atoms with van der Waals surface area (Å²) in [6.45, 7) is 3.32. The molecule has 0 saturated carbocycles. The third kappa shape index (κ3) is 5.43. The Hall–Kier alpha value is -1.19. The molecule has 1 unspecified atom stereocenters. The number of hydrogen-bond donors (Lipinski definition) is 1. The smallest absolute Gasteiger partial charge is 0.0940 e. The number of nitrogens with one attached hydrogen (secondary N) is 1. The Morgan fingerprint density at radius 1 is 1.25 bits per heavy atom. The molecule has 0 saturated heterocycles. The molecule has 0 aliphatic rings. The molecule has 0 bridgehead atoms. The minimum absolute atomic E-state index is 0.560. The molecule has 1 N–H and O–H groups in total. The molecule has 3 heteroatoms. The topological polar surface area (TPSA) is 24.9 Å². The number of aromatic nitrogens is 1. The van der Waals surface area contributed by atoms with Gasteiger partial charge in [0, 0.05) is 24.0 Å². The molecule has 1 aromatic carbocycles. The van der Waals surface area contributed by atoms with Gasteiger partial charge in [-0.2, -0.15) is 0 Å². The van der Waals surface area contributed by atoms with E-state index in [1.807, 2.05) is 6.20 Å². The fraction of sp³-hybridized carbons (Fsp3) is 0.471. The van der Waals surface area contributed by atoms with Crippen molar-refractivity contribution in [1.29, 1.82) is 0 Å². The summed E-state index contributed by atoms with van der Waals surface area (Å²) in [5.74, 6) is 0. The normalized spacial score (nSPS) is 12.4. The molecule has 0 amide bonds. The molecule has 0 fully saturated rings.